The molecule has 0 radical (unpaired) electrons. The fraction of sp³-hybridized carbons (Fsp3) is 0. The van der Waals surface area contributed by atoms with Gasteiger partial charge in [-0.1, -0.05) is 0 Å². The van der Waals surface area contributed by atoms with E-state index >= 15 is 0 Å². The molecule has 6 heteroatoms. The molecule has 0 aromatic rings. The molecule has 0 aromatic carbocycles. The third-order valence-electron chi connectivity index (χ3n) is 0.218. The van der Waals surface area contributed by atoms with E-state index in [2.05, 4.69) is 0 Å². The quantitative estimate of drug-likeness (QED) is 0.293. The van der Waals surface area contributed by atoms with Gasteiger partial charge in [0.05, 0.1) is 6.33 Å². The molecular weight excluding hydrogens is 146 g/mol. The van der Waals surface area contributed by atoms with Crippen molar-refractivity contribution in [3.8, 4) is 0 Å². The predicted molar refractivity (Wildman–Crippen MR) is 19.9 cm³/mol. The number of hydrogen-bond donors (Lipinski definition) is 0. The Kier molecular flexibility index (Phi) is 6.34. The zero-order valence-corrected chi connectivity index (χ0v) is 6.98. The van der Waals surface area contributed by atoms with Crippen LogP contribution in [0.3, 0.4) is 0 Å². The second-order valence-corrected chi connectivity index (χ2v) is 2.01. The maximum Gasteiger partial charge on any atom is 1.00 e. The number of hydrogen-bond acceptors (Lipinski definition) is 3. The molecule has 0 fully saturated rings. The van der Waals surface area contributed by atoms with Crippen LogP contribution in [0.15, 0.2) is 11.7 Å². The first-order valence-corrected chi connectivity index (χ1v) is 2.76. The van der Waals surface area contributed by atoms with Crippen LogP contribution in [0, 0.1) is 0 Å². The van der Waals surface area contributed by atoms with Crippen LogP contribution in [0.25, 0.3) is 0 Å². The summed E-state index contributed by atoms with van der Waals surface area (Å²) in [5.41, 5.74) is 0. The Labute approximate surface area is 68.6 Å². The van der Waals surface area contributed by atoms with Gasteiger partial charge in [0.1, 0.15) is 10.1 Å². The summed E-state index contributed by atoms with van der Waals surface area (Å²) in [6.07, 6.45) is -0.317. The maximum atomic E-state index is 10.7. The van der Waals surface area contributed by atoms with Crippen LogP contribution in [0.4, 0.5) is 4.39 Å². The van der Waals surface area contributed by atoms with Gasteiger partial charge in [-0.25, -0.2) is 12.8 Å². The Bertz CT molecular complexity index is 160. The molecule has 0 bridgehead atoms. The van der Waals surface area contributed by atoms with Crippen LogP contribution in [0.5, 0.6) is 0 Å². The van der Waals surface area contributed by atoms with E-state index < -0.39 is 10.1 Å². The maximum absolute atomic E-state index is 10.7. The van der Waals surface area contributed by atoms with E-state index in [1.807, 2.05) is 0 Å². The molecule has 0 saturated carbocycles. The third kappa shape index (κ3) is 9.77. The first kappa shape index (κ1) is 11.4. The van der Waals surface area contributed by atoms with E-state index in [0.29, 0.717) is 0 Å². The molecule has 0 aliphatic carbocycles. The van der Waals surface area contributed by atoms with Gasteiger partial charge in [-0.15, -0.1) is 0 Å². The van der Waals surface area contributed by atoms with Gasteiger partial charge in [0.25, 0.3) is 0 Å². The first-order chi connectivity index (χ1) is 3.06. The summed E-state index contributed by atoms with van der Waals surface area (Å²) >= 11 is 0. The Morgan fingerprint density at radius 1 is 1.50 bits per heavy atom. The second kappa shape index (κ2) is 4.46. The van der Waals surface area contributed by atoms with E-state index in [-0.39, 0.29) is 41.3 Å². The van der Waals surface area contributed by atoms with Crippen molar-refractivity contribution in [2.24, 2.45) is 0 Å². The summed E-state index contributed by atoms with van der Waals surface area (Å²) in [6.45, 7) is 0. The van der Waals surface area contributed by atoms with E-state index in [0.717, 1.165) is 0 Å². The zero-order valence-electron chi connectivity index (χ0n) is 4.17. The topological polar surface area (TPSA) is 57.2 Å². The van der Waals surface area contributed by atoms with Crippen molar-refractivity contribution in [3.05, 3.63) is 11.7 Å². The molecule has 0 aromatic heterocycles. The second-order valence-electron chi connectivity index (χ2n) is 0.755. The summed E-state index contributed by atoms with van der Waals surface area (Å²) in [7, 11) is -4.48. The van der Waals surface area contributed by atoms with Gasteiger partial charge in [-0.2, -0.15) is 0 Å². The smallest absolute Gasteiger partial charge is 0.744 e. The predicted octanol–water partition coefficient (Wildman–Crippen LogP) is -3.02. The van der Waals surface area contributed by atoms with Crippen LogP contribution in [0.1, 0.15) is 0 Å². The van der Waals surface area contributed by atoms with Crippen LogP contribution in [-0.2, 0) is 10.1 Å². The van der Waals surface area contributed by atoms with E-state index in [1.165, 1.54) is 0 Å². The molecule has 0 aliphatic heterocycles. The first-order valence-electron chi connectivity index (χ1n) is 1.29. The molecule has 0 rings (SSSR count). The number of halogens is 1. The van der Waals surface area contributed by atoms with E-state index in [9.17, 15) is 17.4 Å². The largest absolute Gasteiger partial charge is 1.00 e. The van der Waals surface area contributed by atoms with Crippen molar-refractivity contribution in [1.82, 2.24) is 0 Å². The summed E-state index contributed by atoms with van der Waals surface area (Å²) in [5, 5.41) is -0.0625. The summed E-state index contributed by atoms with van der Waals surface area (Å²) in [4.78, 5) is 0. The van der Waals surface area contributed by atoms with E-state index in [1.54, 1.807) is 0 Å². The molecule has 8 heavy (non-hydrogen) atoms. The Morgan fingerprint density at radius 2 is 1.88 bits per heavy atom. The molecule has 0 aliphatic rings. The summed E-state index contributed by atoms with van der Waals surface area (Å²) in [6, 6.07) is 0. The molecule has 0 atom stereocenters. The normalized spacial score (nSPS) is 11.2. The van der Waals surface area contributed by atoms with Crippen LogP contribution < -0.4 is 29.6 Å². The zero-order chi connectivity index (χ0) is 5.91. The van der Waals surface area contributed by atoms with Gasteiger partial charge >= 0.3 is 29.6 Å². The molecule has 0 spiro atoms. The molecule has 0 unspecified atom stereocenters. The Hall–Kier alpha value is 0.580. The fourth-order valence-corrected chi connectivity index (χ4v) is 0.189. The van der Waals surface area contributed by atoms with Crippen molar-refractivity contribution in [1.29, 1.82) is 0 Å². The molecule has 42 valence electrons. The van der Waals surface area contributed by atoms with Crippen molar-refractivity contribution in [3.63, 3.8) is 0 Å². The van der Waals surface area contributed by atoms with Crippen molar-refractivity contribution in [2.75, 3.05) is 0 Å². The van der Waals surface area contributed by atoms with Gasteiger partial charge < -0.3 is 4.55 Å². The fourth-order valence-electron chi connectivity index (χ4n) is 0.0630. The average Bonchev–Trinajstić information content (AvgIpc) is 1.30. The molecule has 0 saturated heterocycles. The van der Waals surface area contributed by atoms with Crippen LogP contribution in [-0.4, -0.2) is 13.0 Å². The van der Waals surface area contributed by atoms with Gasteiger partial charge in [-0.05, 0) is 0 Å². The minimum atomic E-state index is -4.48. The van der Waals surface area contributed by atoms with Crippen molar-refractivity contribution >= 4 is 10.1 Å². The van der Waals surface area contributed by atoms with Gasteiger partial charge in [0.2, 0.25) is 0 Å². The monoisotopic (exact) mass is 148 g/mol. The minimum absolute atomic E-state index is 0. The average molecular weight is 148 g/mol. The molecule has 0 amide bonds. The molecular formula is C2H2FNaO3S. The van der Waals surface area contributed by atoms with E-state index in [4.69, 9.17) is 0 Å². The van der Waals surface area contributed by atoms with Crippen LogP contribution >= 0.6 is 0 Å². The Morgan fingerprint density at radius 3 is 1.88 bits per heavy atom. The number of rotatable bonds is 1. The van der Waals surface area contributed by atoms with Gasteiger partial charge in [0, 0.05) is 5.41 Å². The van der Waals surface area contributed by atoms with Crippen LogP contribution in [0.2, 0.25) is 0 Å². The third-order valence-corrected chi connectivity index (χ3v) is 0.654. The van der Waals surface area contributed by atoms with Gasteiger partial charge in [0.15, 0.2) is 0 Å². The molecule has 0 N–H and O–H groups in total. The Balaban J connectivity index is 0. The van der Waals surface area contributed by atoms with Gasteiger partial charge in [-0.3, -0.25) is 0 Å². The molecule has 0 heterocycles. The van der Waals surface area contributed by atoms with Crippen molar-refractivity contribution in [2.45, 2.75) is 0 Å². The summed E-state index contributed by atoms with van der Waals surface area (Å²) in [5.74, 6) is 0. The standard InChI is InChI=1S/C2H3FO3S.Na/c3-1-2-7(4,5)6;/h1-2H,(H,4,5,6);/q;+1/p-1. The summed E-state index contributed by atoms with van der Waals surface area (Å²) < 4.78 is 38.8. The molecule has 3 nitrogen and oxygen atoms in total. The van der Waals surface area contributed by atoms with Crippen molar-refractivity contribution < 1.29 is 46.9 Å². The SMILES string of the molecule is O=S(=O)([O-])C=CF.[Na+]. The minimum Gasteiger partial charge on any atom is -0.744 e.